The molecule has 1 saturated heterocycles. The number of imide groups is 1. The number of alkyl halides is 6. The molecule has 0 radical (unpaired) electrons. The fourth-order valence-electron chi connectivity index (χ4n) is 6.99. The largest absolute Gasteiger partial charge is 0.507 e. The summed E-state index contributed by atoms with van der Waals surface area (Å²) in [7, 11) is 0. The van der Waals surface area contributed by atoms with Gasteiger partial charge in [0.1, 0.15) is 5.75 Å². The van der Waals surface area contributed by atoms with E-state index in [1.165, 1.54) is 6.07 Å². The van der Waals surface area contributed by atoms with Gasteiger partial charge in [0, 0.05) is 16.0 Å². The zero-order valence-corrected chi connectivity index (χ0v) is 28.5. The summed E-state index contributed by atoms with van der Waals surface area (Å²) in [6.45, 7) is 2.88. The molecule has 0 bridgehead atoms. The summed E-state index contributed by atoms with van der Waals surface area (Å²) in [5, 5.41) is 32.9. The third-order valence-corrected chi connectivity index (χ3v) is 9.85. The molecule has 0 saturated carbocycles. The number of aromatic hydroxyl groups is 1. The number of phenols is 1. The van der Waals surface area contributed by atoms with Crippen molar-refractivity contribution < 1.29 is 51.3 Å². The molecule has 2 aliphatic rings. The predicted molar refractivity (Wildman–Crippen MR) is 178 cm³/mol. The number of fused-ring (bicyclic) bond motifs is 1. The Bertz CT molecular complexity index is 1800. The second-order valence-electron chi connectivity index (χ2n) is 12.8. The SMILES string of the molecule is CC(C)C1=C([C@H](O)CC/C(=C/c2cc(Br)ccc2O)c2ccccc2)[C@H](CO)[C@@H]2C(=O)N(c3cc(C(F)(F)F)cc(C(F)(F)F)c3)C(=O)[C@@H]2C1. The summed E-state index contributed by atoms with van der Waals surface area (Å²) in [6.07, 6.45) is -9.59. The number of carbonyl (C=O) groups excluding carboxylic acids is 2. The van der Waals surface area contributed by atoms with Crippen molar-refractivity contribution in [3.05, 3.63) is 105 Å². The number of benzene rings is 3. The Hall–Kier alpha value is -3.94. The maximum Gasteiger partial charge on any atom is 0.416 e. The van der Waals surface area contributed by atoms with Gasteiger partial charge in [0.25, 0.3) is 0 Å². The number of carbonyl (C=O) groups is 2. The van der Waals surface area contributed by atoms with E-state index in [1.807, 2.05) is 30.3 Å². The van der Waals surface area contributed by atoms with Crippen LogP contribution in [0.15, 0.2) is 82.3 Å². The Kier molecular flexibility index (Phi) is 10.7. The van der Waals surface area contributed by atoms with Gasteiger partial charge < -0.3 is 15.3 Å². The molecule has 6 nitrogen and oxygen atoms in total. The standard InChI is InChI=1S/C37H34BrF6NO5/c1-19(2)27-17-28-33(35(50)45(34(28)49)26-15-23(36(39,40)41)14-24(16-26)37(42,43)44)29(18-46)32(27)31(48)10-8-21(20-6-4-3-5-7-20)12-22-13-25(38)9-11-30(22)47/h3-7,9,11-16,19,28-29,31,33,46-48H,8,10,17-18H2,1-2H3/b21-12-/t28-,29+,31-,33-/m1/s1. The maximum absolute atomic E-state index is 13.9. The highest BCUT2D eigenvalue weighted by molar-refractivity contribution is 9.10. The van der Waals surface area contributed by atoms with E-state index in [4.69, 9.17) is 0 Å². The molecule has 266 valence electrons. The number of allylic oxidation sites excluding steroid dienone is 2. The summed E-state index contributed by atoms with van der Waals surface area (Å²) in [4.78, 5) is 28.0. The smallest absolute Gasteiger partial charge is 0.416 e. The molecule has 0 aromatic heterocycles. The summed E-state index contributed by atoms with van der Waals surface area (Å²) in [6, 6.07) is 14.8. The molecule has 3 aromatic carbocycles. The molecule has 1 aliphatic carbocycles. The molecular formula is C37H34BrF6NO5. The summed E-state index contributed by atoms with van der Waals surface area (Å²) in [5.41, 5.74) is -1.23. The molecule has 5 rings (SSSR count). The number of aliphatic hydroxyl groups excluding tert-OH is 2. The topological polar surface area (TPSA) is 98.1 Å². The Balaban J connectivity index is 1.50. The number of halogens is 7. The minimum atomic E-state index is -5.20. The molecule has 13 heteroatoms. The Morgan fingerprint density at radius 3 is 2.12 bits per heavy atom. The molecule has 0 unspecified atom stereocenters. The number of hydrogen-bond donors (Lipinski definition) is 3. The summed E-state index contributed by atoms with van der Waals surface area (Å²) < 4.78 is 82.7. The van der Waals surface area contributed by atoms with Crippen LogP contribution in [0.2, 0.25) is 0 Å². The van der Waals surface area contributed by atoms with Crippen molar-refractivity contribution in [2.45, 2.75) is 51.6 Å². The van der Waals surface area contributed by atoms with Gasteiger partial charge in [-0.3, -0.25) is 9.59 Å². The number of rotatable bonds is 9. The highest BCUT2D eigenvalue weighted by Gasteiger charge is 2.56. The van der Waals surface area contributed by atoms with E-state index in [-0.39, 0.29) is 37.0 Å². The van der Waals surface area contributed by atoms with Gasteiger partial charge in [0.05, 0.1) is 41.4 Å². The molecule has 1 fully saturated rings. The molecule has 0 spiro atoms. The number of anilines is 1. The highest BCUT2D eigenvalue weighted by atomic mass is 79.9. The number of nitrogens with zero attached hydrogens (tertiary/aromatic N) is 1. The van der Waals surface area contributed by atoms with E-state index in [0.29, 0.717) is 33.7 Å². The van der Waals surface area contributed by atoms with Crippen LogP contribution in [0.3, 0.4) is 0 Å². The normalized spacial score (nSPS) is 20.9. The van der Waals surface area contributed by atoms with E-state index in [0.717, 1.165) is 15.6 Å². The van der Waals surface area contributed by atoms with E-state index < -0.39 is 71.4 Å². The van der Waals surface area contributed by atoms with Gasteiger partial charge in [-0.1, -0.05) is 65.7 Å². The van der Waals surface area contributed by atoms with Crippen molar-refractivity contribution in [3.8, 4) is 5.75 Å². The first-order valence-corrected chi connectivity index (χ1v) is 16.6. The van der Waals surface area contributed by atoms with Crippen LogP contribution in [-0.4, -0.2) is 39.8 Å². The molecule has 1 heterocycles. The van der Waals surface area contributed by atoms with Crippen LogP contribution in [0.4, 0.5) is 32.0 Å². The Morgan fingerprint density at radius 2 is 1.56 bits per heavy atom. The van der Waals surface area contributed by atoms with Crippen molar-refractivity contribution in [2.24, 2.45) is 23.7 Å². The summed E-state index contributed by atoms with van der Waals surface area (Å²) in [5.74, 6) is -5.91. The zero-order valence-electron chi connectivity index (χ0n) is 26.9. The number of hydrogen-bond acceptors (Lipinski definition) is 5. The maximum atomic E-state index is 13.9. The molecule has 3 aromatic rings. The molecule has 50 heavy (non-hydrogen) atoms. The van der Waals surface area contributed by atoms with Crippen LogP contribution in [0.5, 0.6) is 5.75 Å². The van der Waals surface area contributed by atoms with Gasteiger partial charge >= 0.3 is 12.4 Å². The fraction of sp³-hybridized carbons (Fsp3) is 0.351. The quantitative estimate of drug-likeness (QED) is 0.0878. The molecule has 1 aliphatic heterocycles. The molecule has 2 amide bonds. The van der Waals surface area contributed by atoms with Crippen molar-refractivity contribution in [3.63, 3.8) is 0 Å². The van der Waals surface area contributed by atoms with Crippen molar-refractivity contribution in [1.29, 1.82) is 0 Å². The van der Waals surface area contributed by atoms with Crippen LogP contribution < -0.4 is 4.90 Å². The highest BCUT2D eigenvalue weighted by Crippen LogP contribution is 2.50. The lowest BCUT2D eigenvalue weighted by molar-refractivity contribution is -0.143. The van der Waals surface area contributed by atoms with E-state index >= 15 is 0 Å². The van der Waals surface area contributed by atoms with Crippen LogP contribution in [0, 0.1) is 23.7 Å². The van der Waals surface area contributed by atoms with E-state index in [2.05, 4.69) is 15.9 Å². The van der Waals surface area contributed by atoms with Crippen LogP contribution >= 0.6 is 15.9 Å². The van der Waals surface area contributed by atoms with Gasteiger partial charge in [-0.15, -0.1) is 0 Å². The number of amides is 2. The van der Waals surface area contributed by atoms with Crippen LogP contribution in [0.25, 0.3) is 11.6 Å². The predicted octanol–water partition coefficient (Wildman–Crippen LogP) is 8.64. The first-order chi connectivity index (χ1) is 23.4. The fourth-order valence-corrected chi connectivity index (χ4v) is 7.37. The average molecular weight is 767 g/mol. The number of phenolic OH excluding ortho intramolecular Hbond substituents is 1. The first-order valence-electron chi connectivity index (χ1n) is 15.9. The van der Waals surface area contributed by atoms with Gasteiger partial charge in [-0.2, -0.15) is 26.3 Å². The number of aliphatic hydroxyl groups is 2. The van der Waals surface area contributed by atoms with Gasteiger partial charge in [0.15, 0.2) is 0 Å². The van der Waals surface area contributed by atoms with E-state index in [9.17, 15) is 51.3 Å². The van der Waals surface area contributed by atoms with Crippen molar-refractivity contribution in [2.75, 3.05) is 11.5 Å². The van der Waals surface area contributed by atoms with Crippen LogP contribution in [-0.2, 0) is 21.9 Å². The minimum absolute atomic E-state index is 0.0303. The first kappa shape index (κ1) is 37.3. The monoisotopic (exact) mass is 765 g/mol. The molecule has 3 N–H and O–H groups in total. The van der Waals surface area contributed by atoms with Gasteiger partial charge in [0.2, 0.25) is 11.8 Å². The lowest BCUT2D eigenvalue weighted by Gasteiger charge is -2.38. The Labute approximate surface area is 292 Å². The van der Waals surface area contributed by atoms with Crippen molar-refractivity contribution in [1.82, 2.24) is 0 Å². The zero-order chi connectivity index (χ0) is 36.7. The van der Waals surface area contributed by atoms with Gasteiger partial charge in [-0.05, 0) is 84.4 Å². The van der Waals surface area contributed by atoms with Crippen LogP contribution in [0.1, 0.15) is 55.4 Å². The third-order valence-electron chi connectivity index (χ3n) is 9.35. The lowest BCUT2D eigenvalue weighted by Crippen LogP contribution is -2.40. The molecule has 4 atom stereocenters. The Morgan fingerprint density at radius 1 is 0.940 bits per heavy atom. The lowest BCUT2D eigenvalue weighted by atomic mass is 9.66. The van der Waals surface area contributed by atoms with Crippen molar-refractivity contribution >= 4 is 45.1 Å². The molecular weight excluding hydrogens is 732 g/mol. The average Bonchev–Trinajstić information content (AvgIpc) is 3.31. The summed E-state index contributed by atoms with van der Waals surface area (Å²) >= 11 is 3.40. The second kappa shape index (κ2) is 14.4. The minimum Gasteiger partial charge on any atom is -0.507 e. The third kappa shape index (κ3) is 7.54. The van der Waals surface area contributed by atoms with Gasteiger partial charge in [-0.25, -0.2) is 4.90 Å². The second-order valence-corrected chi connectivity index (χ2v) is 13.7. The van der Waals surface area contributed by atoms with E-state index in [1.54, 1.807) is 32.1 Å².